The largest absolute Gasteiger partial charge is 0.375 e. The third kappa shape index (κ3) is 5.51. The molecule has 0 saturated carbocycles. The molecule has 0 radical (unpaired) electrons. The molecule has 1 heterocycles. The fourth-order valence-corrected chi connectivity index (χ4v) is 2.82. The second-order valence-electron chi connectivity index (χ2n) is 6.88. The van der Waals surface area contributed by atoms with Crippen molar-refractivity contribution in [1.29, 1.82) is 0 Å². The van der Waals surface area contributed by atoms with Crippen molar-refractivity contribution in [3.05, 3.63) is 30.0 Å². The van der Waals surface area contributed by atoms with Crippen LogP contribution < -0.4 is 10.2 Å². The predicted molar refractivity (Wildman–Crippen MR) is 103 cm³/mol. The number of rotatable bonds is 9. The van der Waals surface area contributed by atoms with E-state index in [-0.39, 0.29) is 11.9 Å². The van der Waals surface area contributed by atoms with E-state index in [9.17, 15) is 13.6 Å². The number of nitrogens with one attached hydrogen (secondary N) is 1. The number of nitrogens with zero attached hydrogens (tertiary/aromatic N) is 2. The summed E-state index contributed by atoms with van der Waals surface area (Å²) in [4.78, 5) is 18.6. The number of amides is 1. The number of aromatic nitrogens is 1. The Kier molecular flexibility index (Phi) is 7.72. The standard InChI is InChI=1S/C20H31F2N3O/c1-8-10-17(9-2)25(16(6)26)19-13(3)11-12-18(24-19)14(4)23-15(5)20(7,21)22/h11-12,15,17,23H,4,8-10H2,1-3,5-7H3. The van der Waals surface area contributed by atoms with Gasteiger partial charge in [-0.25, -0.2) is 13.8 Å². The van der Waals surface area contributed by atoms with Crippen molar-refractivity contribution in [3.8, 4) is 0 Å². The van der Waals surface area contributed by atoms with Gasteiger partial charge in [0, 0.05) is 19.9 Å². The van der Waals surface area contributed by atoms with Crippen LogP contribution in [0.3, 0.4) is 0 Å². The number of hydrogen-bond acceptors (Lipinski definition) is 3. The van der Waals surface area contributed by atoms with E-state index in [4.69, 9.17) is 0 Å². The Bertz CT molecular complexity index is 640. The molecule has 0 fully saturated rings. The summed E-state index contributed by atoms with van der Waals surface area (Å²) in [5.74, 6) is -2.39. The lowest BCUT2D eigenvalue weighted by Gasteiger charge is -2.31. The summed E-state index contributed by atoms with van der Waals surface area (Å²) >= 11 is 0. The van der Waals surface area contributed by atoms with E-state index < -0.39 is 12.0 Å². The quantitative estimate of drug-likeness (QED) is 0.673. The number of halogens is 2. The molecule has 1 aromatic heterocycles. The maximum atomic E-state index is 13.4. The zero-order chi connectivity index (χ0) is 20.1. The van der Waals surface area contributed by atoms with Gasteiger partial charge in [0.2, 0.25) is 5.91 Å². The number of pyridine rings is 1. The van der Waals surface area contributed by atoms with E-state index in [1.165, 1.54) is 13.8 Å². The molecule has 0 aromatic carbocycles. The van der Waals surface area contributed by atoms with E-state index in [2.05, 4.69) is 23.8 Å². The molecular weight excluding hydrogens is 336 g/mol. The van der Waals surface area contributed by atoms with Crippen molar-refractivity contribution in [2.75, 3.05) is 4.90 Å². The summed E-state index contributed by atoms with van der Waals surface area (Å²) in [6, 6.07) is 2.55. The SMILES string of the molecule is C=C(NC(C)C(C)(F)F)c1ccc(C)c(N(C(C)=O)C(CC)CCC)n1. The van der Waals surface area contributed by atoms with Gasteiger partial charge < -0.3 is 5.32 Å². The molecule has 0 aliphatic carbocycles. The lowest BCUT2D eigenvalue weighted by Crippen LogP contribution is -2.40. The van der Waals surface area contributed by atoms with E-state index in [0.29, 0.717) is 17.2 Å². The lowest BCUT2D eigenvalue weighted by molar-refractivity contribution is -0.117. The Balaban J connectivity index is 3.22. The van der Waals surface area contributed by atoms with Gasteiger partial charge in [0.1, 0.15) is 5.82 Å². The first-order valence-electron chi connectivity index (χ1n) is 9.13. The fraction of sp³-hybridized carbons (Fsp3) is 0.600. The molecule has 4 nitrogen and oxygen atoms in total. The molecule has 0 aliphatic rings. The normalized spacial score (nSPS) is 13.8. The molecule has 0 saturated heterocycles. The van der Waals surface area contributed by atoms with Gasteiger partial charge >= 0.3 is 0 Å². The topological polar surface area (TPSA) is 45.2 Å². The molecule has 0 bridgehead atoms. The molecule has 1 N–H and O–H groups in total. The van der Waals surface area contributed by atoms with Crippen LogP contribution in [0.1, 0.15) is 65.1 Å². The molecule has 1 rings (SSSR count). The molecular formula is C20H31F2N3O. The van der Waals surface area contributed by atoms with Crippen LogP contribution in [0, 0.1) is 6.92 Å². The van der Waals surface area contributed by atoms with Gasteiger partial charge in [-0.2, -0.15) is 0 Å². The van der Waals surface area contributed by atoms with Crippen LogP contribution >= 0.6 is 0 Å². The third-order valence-corrected chi connectivity index (χ3v) is 4.56. The summed E-state index contributed by atoms with van der Waals surface area (Å²) in [6.07, 6.45) is 2.65. The minimum absolute atomic E-state index is 0.0547. The highest BCUT2D eigenvalue weighted by molar-refractivity contribution is 5.92. The number of aryl methyl sites for hydroxylation is 1. The first kappa shape index (κ1) is 22.1. The molecule has 0 aliphatic heterocycles. The van der Waals surface area contributed by atoms with Gasteiger partial charge in [0.25, 0.3) is 5.92 Å². The van der Waals surface area contributed by atoms with E-state index in [1.807, 2.05) is 19.9 Å². The molecule has 6 heteroatoms. The Hall–Kier alpha value is -1.98. The summed E-state index contributed by atoms with van der Waals surface area (Å²) < 4.78 is 26.9. The summed E-state index contributed by atoms with van der Waals surface area (Å²) in [7, 11) is 0. The smallest absolute Gasteiger partial charge is 0.264 e. The van der Waals surface area contributed by atoms with Crippen LogP contribution in [0.2, 0.25) is 0 Å². The average Bonchev–Trinajstić information content (AvgIpc) is 2.54. The predicted octanol–water partition coefficient (Wildman–Crippen LogP) is 4.93. The third-order valence-electron chi connectivity index (χ3n) is 4.56. The second-order valence-corrected chi connectivity index (χ2v) is 6.88. The van der Waals surface area contributed by atoms with Crippen molar-refractivity contribution in [1.82, 2.24) is 10.3 Å². The zero-order valence-corrected chi connectivity index (χ0v) is 16.7. The van der Waals surface area contributed by atoms with Gasteiger partial charge in [-0.3, -0.25) is 9.69 Å². The zero-order valence-electron chi connectivity index (χ0n) is 16.7. The van der Waals surface area contributed by atoms with Crippen LogP contribution in [0.15, 0.2) is 18.7 Å². The lowest BCUT2D eigenvalue weighted by atomic mass is 10.1. The van der Waals surface area contributed by atoms with Crippen LogP contribution in [0.25, 0.3) is 5.70 Å². The second kappa shape index (κ2) is 9.10. The number of hydrogen-bond donors (Lipinski definition) is 1. The van der Waals surface area contributed by atoms with Crippen molar-refractivity contribution >= 4 is 17.4 Å². The molecule has 2 atom stereocenters. The van der Waals surface area contributed by atoms with Gasteiger partial charge in [-0.05, 0) is 38.3 Å². The summed E-state index contributed by atoms with van der Waals surface area (Å²) in [6.45, 7) is 13.6. The first-order valence-corrected chi connectivity index (χ1v) is 9.13. The summed E-state index contributed by atoms with van der Waals surface area (Å²) in [5.41, 5.74) is 1.63. The first-order chi connectivity index (χ1) is 12.0. The Morgan fingerprint density at radius 1 is 1.38 bits per heavy atom. The maximum absolute atomic E-state index is 13.4. The summed E-state index contributed by atoms with van der Waals surface area (Å²) in [5, 5.41) is 2.71. The van der Waals surface area contributed by atoms with Crippen molar-refractivity contribution < 1.29 is 13.6 Å². The van der Waals surface area contributed by atoms with Gasteiger partial charge in [0.15, 0.2) is 0 Å². The Morgan fingerprint density at radius 2 is 2.00 bits per heavy atom. The number of alkyl halides is 2. The Labute approximate surface area is 155 Å². The van der Waals surface area contributed by atoms with Crippen LogP contribution in [0.4, 0.5) is 14.6 Å². The van der Waals surface area contributed by atoms with Crippen LogP contribution in [0.5, 0.6) is 0 Å². The van der Waals surface area contributed by atoms with Crippen LogP contribution in [-0.4, -0.2) is 28.9 Å². The molecule has 1 amide bonds. The van der Waals surface area contributed by atoms with Gasteiger partial charge in [0.05, 0.1) is 17.4 Å². The maximum Gasteiger partial charge on any atom is 0.264 e. The minimum atomic E-state index is -2.88. The van der Waals surface area contributed by atoms with Gasteiger partial charge in [-0.1, -0.05) is 32.9 Å². The monoisotopic (exact) mass is 367 g/mol. The van der Waals surface area contributed by atoms with Gasteiger partial charge in [-0.15, -0.1) is 0 Å². The highest BCUT2D eigenvalue weighted by atomic mass is 19.3. The van der Waals surface area contributed by atoms with E-state index in [1.54, 1.807) is 11.0 Å². The number of anilines is 1. The minimum Gasteiger partial charge on any atom is -0.375 e. The average molecular weight is 367 g/mol. The molecule has 146 valence electrons. The molecule has 0 spiro atoms. The molecule has 1 aromatic rings. The highest BCUT2D eigenvalue weighted by Crippen LogP contribution is 2.26. The fourth-order valence-electron chi connectivity index (χ4n) is 2.82. The highest BCUT2D eigenvalue weighted by Gasteiger charge is 2.31. The number of carbonyl (C=O) groups is 1. The van der Waals surface area contributed by atoms with Crippen LogP contribution in [-0.2, 0) is 4.79 Å². The van der Waals surface area contributed by atoms with Crippen molar-refractivity contribution in [2.24, 2.45) is 0 Å². The molecule has 26 heavy (non-hydrogen) atoms. The van der Waals surface area contributed by atoms with E-state index >= 15 is 0 Å². The van der Waals surface area contributed by atoms with E-state index in [0.717, 1.165) is 31.7 Å². The molecule has 2 unspecified atom stereocenters. The van der Waals surface area contributed by atoms with Crippen molar-refractivity contribution in [3.63, 3.8) is 0 Å². The number of carbonyl (C=O) groups excluding carboxylic acids is 1. The Morgan fingerprint density at radius 3 is 2.46 bits per heavy atom. The van der Waals surface area contributed by atoms with Crippen molar-refractivity contribution in [2.45, 2.75) is 78.8 Å².